The van der Waals surface area contributed by atoms with Crippen LogP contribution in [0.1, 0.15) is 12.5 Å². The van der Waals surface area contributed by atoms with Gasteiger partial charge in [0.05, 0.1) is 0 Å². The molecule has 2 unspecified atom stereocenters. The van der Waals surface area contributed by atoms with Gasteiger partial charge in [0.15, 0.2) is 0 Å². The number of amides is 2. The van der Waals surface area contributed by atoms with Crippen LogP contribution in [-0.2, 0) is 11.3 Å². The molecule has 1 aromatic rings. The Morgan fingerprint density at radius 3 is 2.95 bits per heavy atom. The smallest absolute Gasteiger partial charge is 0.279 e. The second-order valence-corrected chi connectivity index (χ2v) is 6.15. The predicted molar refractivity (Wildman–Crippen MR) is 79.9 cm³/mol. The van der Waals surface area contributed by atoms with Crippen molar-refractivity contribution in [1.29, 1.82) is 0 Å². The molecule has 2 amide bonds. The monoisotopic (exact) mass is 291 g/mol. The lowest BCUT2D eigenvalue weighted by atomic mass is 10.1. The Morgan fingerprint density at radius 1 is 1.40 bits per heavy atom. The first-order chi connectivity index (χ1) is 9.65. The highest BCUT2D eigenvalue weighted by atomic mass is 32.2. The Morgan fingerprint density at radius 2 is 2.20 bits per heavy atom. The average Bonchev–Trinajstić information content (AvgIpc) is 2.81. The summed E-state index contributed by atoms with van der Waals surface area (Å²) in [4.78, 5) is 25.8. The number of nitrogens with one attached hydrogen (secondary N) is 2. The van der Waals surface area contributed by atoms with Gasteiger partial charge in [0, 0.05) is 30.6 Å². The molecule has 0 saturated carbocycles. The number of para-hydroxylation sites is 1. The molecule has 1 saturated heterocycles. The fraction of sp³-hybridized carbons (Fsp3) is 0.429. The maximum atomic E-state index is 12.7. The molecule has 106 valence electrons. The third-order valence-corrected chi connectivity index (χ3v) is 4.50. The molecule has 5 nitrogen and oxygen atoms in total. The number of thioether (sulfide) groups is 1. The van der Waals surface area contributed by atoms with Gasteiger partial charge in [-0.05, 0) is 18.6 Å². The van der Waals surface area contributed by atoms with Crippen molar-refractivity contribution >= 4 is 28.6 Å². The number of hydrogen-bond acceptors (Lipinski definition) is 4. The largest absolute Gasteiger partial charge is 0.334 e. The fourth-order valence-corrected chi connectivity index (χ4v) is 3.33. The van der Waals surface area contributed by atoms with E-state index in [1.165, 1.54) is 11.8 Å². The molecule has 6 heteroatoms. The number of anilines is 1. The molecule has 2 atom stereocenters. The Hall–Kier alpha value is -1.53. The average molecular weight is 291 g/mol. The first-order valence-corrected chi connectivity index (χ1v) is 7.69. The number of nitrogens with zero attached hydrogens (tertiary/aromatic N) is 1. The summed E-state index contributed by atoms with van der Waals surface area (Å²) in [5.41, 5.74) is 2.06. The summed E-state index contributed by atoms with van der Waals surface area (Å²) in [6.07, 6.45) is 0. The van der Waals surface area contributed by atoms with Crippen LogP contribution in [0.3, 0.4) is 0 Å². The van der Waals surface area contributed by atoms with Crippen molar-refractivity contribution in [2.24, 2.45) is 0 Å². The topological polar surface area (TPSA) is 61.4 Å². The van der Waals surface area contributed by atoms with Crippen LogP contribution in [0.15, 0.2) is 24.3 Å². The lowest BCUT2D eigenvalue weighted by molar-refractivity contribution is -0.119. The number of carbonyl (C=O) groups is 2. The molecule has 1 aromatic carbocycles. The molecule has 0 bridgehead atoms. The molecule has 2 heterocycles. The second-order valence-electron chi connectivity index (χ2n) is 5.15. The van der Waals surface area contributed by atoms with E-state index in [4.69, 9.17) is 0 Å². The molecular weight excluding hydrogens is 274 g/mol. The maximum absolute atomic E-state index is 12.7. The van der Waals surface area contributed by atoms with Crippen LogP contribution in [0.2, 0.25) is 0 Å². The summed E-state index contributed by atoms with van der Waals surface area (Å²) in [6.45, 7) is 3.44. The minimum absolute atomic E-state index is 0.0219. The summed E-state index contributed by atoms with van der Waals surface area (Å²) >= 11 is 1.17. The molecule has 1 fully saturated rings. The van der Waals surface area contributed by atoms with E-state index in [9.17, 15) is 9.59 Å². The normalized spacial score (nSPS) is 25.9. The zero-order valence-corrected chi connectivity index (χ0v) is 12.1. The van der Waals surface area contributed by atoms with Gasteiger partial charge in [-0.25, -0.2) is 0 Å². The SMILES string of the molecule is CC1CN(C(=O)C2CSC(=O)N2)c2ccccc2CN1. The molecule has 2 aliphatic heterocycles. The van der Waals surface area contributed by atoms with Crippen molar-refractivity contribution in [1.82, 2.24) is 10.6 Å². The number of carbonyl (C=O) groups excluding carboxylic acids is 2. The van der Waals surface area contributed by atoms with Crippen molar-refractivity contribution in [3.8, 4) is 0 Å². The summed E-state index contributed by atoms with van der Waals surface area (Å²) in [5.74, 6) is 0.490. The number of rotatable bonds is 1. The second kappa shape index (κ2) is 5.46. The number of fused-ring (bicyclic) bond motifs is 1. The van der Waals surface area contributed by atoms with Gasteiger partial charge in [0.2, 0.25) is 0 Å². The fourth-order valence-electron chi connectivity index (χ4n) is 2.56. The van der Waals surface area contributed by atoms with E-state index in [-0.39, 0.29) is 17.2 Å². The molecular formula is C14H17N3O2S. The van der Waals surface area contributed by atoms with E-state index in [1.54, 1.807) is 4.90 Å². The van der Waals surface area contributed by atoms with E-state index >= 15 is 0 Å². The van der Waals surface area contributed by atoms with E-state index < -0.39 is 6.04 Å². The van der Waals surface area contributed by atoms with Crippen LogP contribution >= 0.6 is 11.8 Å². The van der Waals surface area contributed by atoms with Gasteiger partial charge >= 0.3 is 0 Å². The van der Waals surface area contributed by atoms with Gasteiger partial charge in [-0.15, -0.1) is 0 Å². The maximum Gasteiger partial charge on any atom is 0.279 e. The number of hydrogen-bond donors (Lipinski definition) is 2. The third kappa shape index (κ3) is 2.53. The predicted octanol–water partition coefficient (Wildman–Crippen LogP) is 1.34. The van der Waals surface area contributed by atoms with Crippen LogP contribution in [0.4, 0.5) is 10.5 Å². The van der Waals surface area contributed by atoms with Gasteiger partial charge < -0.3 is 15.5 Å². The van der Waals surface area contributed by atoms with Crippen molar-refractivity contribution in [3.63, 3.8) is 0 Å². The van der Waals surface area contributed by atoms with Crippen molar-refractivity contribution < 1.29 is 9.59 Å². The highest BCUT2D eigenvalue weighted by molar-refractivity contribution is 8.14. The Labute approximate surface area is 122 Å². The zero-order valence-electron chi connectivity index (χ0n) is 11.3. The standard InChI is InChI=1S/C14H17N3O2S/c1-9-7-17(13(18)11-8-20-14(19)16-11)12-5-3-2-4-10(12)6-15-9/h2-5,9,11,15H,6-8H2,1H3,(H,16,19). The van der Waals surface area contributed by atoms with E-state index in [2.05, 4.69) is 17.6 Å². The van der Waals surface area contributed by atoms with E-state index in [0.717, 1.165) is 17.8 Å². The van der Waals surface area contributed by atoms with Crippen molar-refractivity contribution in [3.05, 3.63) is 29.8 Å². The molecule has 20 heavy (non-hydrogen) atoms. The summed E-state index contributed by atoms with van der Waals surface area (Å²) in [6, 6.07) is 7.73. The third-order valence-electron chi connectivity index (χ3n) is 3.62. The highest BCUT2D eigenvalue weighted by Gasteiger charge is 2.34. The van der Waals surface area contributed by atoms with Crippen molar-refractivity contribution in [2.75, 3.05) is 17.2 Å². The number of benzene rings is 1. The van der Waals surface area contributed by atoms with E-state index in [0.29, 0.717) is 12.3 Å². The van der Waals surface area contributed by atoms with Gasteiger partial charge in [0.1, 0.15) is 6.04 Å². The van der Waals surface area contributed by atoms with Gasteiger partial charge in [-0.1, -0.05) is 30.0 Å². The highest BCUT2D eigenvalue weighted by Crippen LogP contribution is 2.25. The first-order valence-electron chi connectivity index (χ1n) is 6.71. The minimum atomic E-state index is -0.411. The zero-order chi connectivity index (χ0) is 14.1. The molecule has 0 spiro atoms. The first kappa shape index (κ1) is 13.5. The Bertz CT molecular complexity index is 549. The molecule has 3 rings (SSSR count). The Kier molecular flexibility index (Phi) is 3.67. The summed E-state index contributed by atoms with van der Waals surface area (Å²) in [5, 5.41) is 6.01. The van der Waals surface area contributed by atoms with Gasteiger partial charge in [-0.3, -0.25) is 9.59 Å². The molecule has 2 aliphatic rings. The molecule has 0 aromatic heterocycles. The molecule has 0 radical (unpaired) electrons. The van der Waals surface area contributed by atoms with Crippen LogP contribution in [0.5, 0.6) is 0 Å². The van der Waals surface area contributed by atoms with Gasteiger partial charge in [0.25, 0.3) is 11.1 Å². The Balaban J connectivity index is 1.90. The lowest BCUT2D eigenvalue weighted by Crippen LogP contribution is -2.48. The van der Waals surface area contributed by atoms with Crippen LogP contribution < -0.4 is 15.5 Å². The van der Waals surface area contributed by atoms with Crippen LogP contribution in [-0.4, -0.2) is 35.5 Å². The molecule has 0 aliphatic carbocycles. The van der Waals surface area contributed by atoms with Gasteiger partial charge in [-0.2, -0.15) is 0 Å². The van der Waals surface area contributed by atoms with Crippen LogP contribution in [0.25, 0.3) is 0 Å². The minimum Gasteiger partial charge on any atom is -0.334 e. The van der Waals surface area contributed by atoms with Crippen LogP contribution in [0, 0.1) is 0 Å². The van der Waals surface area contributed by atoms with E-state index in [1.807, 2.05) is 24.3 Å². The molecule has 2 N–H and O–H groups in total. The quantitative estimate of drug-likeness (QED) is 0.819. The van der Waals surface area contributed by atoms with Crippen molar-refractivity contribution in [2.45, 2.75) is 25.6 Å². The summed E-state index contributed by atoms with van der Waals surface area (Å²) < 4.78 is 0. The summed E-state index contributed by atoms with van der Waals surface area (Å²) in [7, 11) is 0. The lowest BCUT2D eigenvalue weighted by Gasteiger charge is -2.26.